The summed E-state index contributed by atoms with van der Waals surface area (Å²) in [7, 11) is 0. The van der Waals surface area contributed by atoms with Gasteiger partial charge in [-0.25, -0.2) is 0 Å². The van der Waals surface area contributed by atoms with Crippen LogP contribution in [-0.4, -0.2) is 35.3 Å². The van der Waals surface area contributed by atoms with Gasteiger partial charge in [0.1, 0.15) is 0 Å². The molecule has 0 spiro atoms. The van der Waals surface area contributed by atoms with E-state index in [9.17, 15) is 9.59 Å². The summed E-state index contributed by atoms with van der Waals surface area (Å²) in [5, 5.41) is 0. The Hall–Kier alpha value is -0.770. The average molecular weight is 213 g/mol. The van der Waals surface area contributed by atoms with Crippen molar-refractivity contribution in [3.05, 3.63) is 11.6 Å². The number of hydrogen-bond donors (Lipinski definition) is 0. The highest BCUT2D eigenvalue weighted by Gasteiger charge is 2.28. The molecule has 1 heterocycles. The maximum atomic E-state index is 11.5. The van der Waals surface area contributed by atoms with Crippen molar-refractivity contribution < 1.29 is 9.59 Å². The molecule has 0 saturated carbocycles. The lowest BCUT2D eigenvalue weighted by Gasteiger charge is -2.18. The molecule has 1 atom stereocenters. The van der Waals surface area contributed by atoms with Crippen molar-refractivity contribution in [1.29, 1.82) is 0 Å². The van der Waals surface area contributed by atoms with Gasteiger partial charge in [0.15, 0.2) is 0 Å². The highest BCUT2D eigenvalue weighted by Crippen LogP contribution is 2.15. The number of rotatable bonds is 4. The first kappa shape index (κ1) is 11.3. The Morgan fingerprint density at radius 1 is 1.50 bits per heavy atom. The van der Waals surface area contributed by atoms with Gasteiger partial charge in [-0.15, -0.1) is 0 Å². The second-order valence-corrected chi connectivity index (χ2v) is 4.55. The summed E-state index contributed by atoms with van der Waals surface area (Å²) < 4.78 is 0. The average Bonchev–Trinajstić information content (AvgIpc) is 2.33. The summed E-state index contributed by atoms with van der Waals surface area (Å²) in [6.45, 7) is 4.26. The topological polar surface area (TPSA) is 37.4 Å². The van der Waals surface area contributed by atoms with Gasteiger partial charge in [0, 0.05) is 18.2 Å². The number of amides is 2. The van der Waals surface area contributed by atoms with Crippen LogP contribution in [0.3, 0.4) is 0 Å². The molecule has 0 aliphatic carbocycles. The van der Waals surface area contributed by atoms with Crippen LogP contribution in [0.4, 0.5) is 0 Å². The fourth-order valence-electron chi connectivity index (χ4n) is 1.46. The van der Waals surface area contributed by atoms with E-state index in [1.807, 2.05) is 13.2 Å². The molecule has 0 fully saturated rings. The molecule has 0 bridgehead atoms. The molecule has 0 saturated heterocycles. The molecule has 0 aromatic heterocycles. The Balaban J connectivity index is 2.55. The van der Waals surface area contributed by atoms with Gasteiger partial charge >= 0.3 is 0 Å². The number of imide groups is 1. The van der Waals surface area contributed by atoms with E-state index < -0.39 is 0 Å². The number of thioether (sulfide) groups is 1. The van der Waals surface area contributed by atoms with E-state index in [0.29, 0.717) is 18.0 Å². The molecule has 3 nitrogen and oxygen atoms in total. The van der Waals surface area contributed by atoms with Crippen molar-refractivity contribution in [2.75, 3.05) is 18.6 Å². The highest BCUT2D eigenvalue weighted by atomic mass is 32.2. The number of hydrogen-bond acceptors (Lipinski definition) is 3. The van der Waals surface area contributed by atoms with Crippen LogP contribution in [-0.2, 0) is 9.59 Å². The summed E-state index contributed by atoms with van der Waals surface area (Å²) >= 11 is 1.73. The molecular formula is C10H15NO2S. The van der Waals surface area contributed by atoms with Crippen LogP contribution in [0.2, 0.25) is 0 Å². The second kappa shape index (κ2) is 4.64. The van der Waals surface area contributed by atoms with Gasteiger partial charge in [-0.2, -0.15) is 11.8 Å². The summed E-state index contributed by atoms with van der Waals surface area (Å²) in [5.74, 6) is 1.02. The molecule has 0 aromatic rings. The summed E-state index contributed by atoms with van der Waals surface area (Å²) in [4.78, 5) is 24.2. The molecule has 1 aliphatic rings. The van der Waals surface area contributed by atoms with E-state index in [-0.39, 0.29) is 11.8 Å². The van der Waals surface area contributed by atoms with Gasteiger partial charge in [0.2, 0.25) is 0 Å². The third-order valence-electron chi connectivity index (χ3n) is 2.13. The second-order valence-electron chi connectivity index (χ2n) is 3.64. The van der Waals surface area contributed by atoms with Crippen molar-refractivity contribution in [3.8, 4) is 0 Å². The van der Waals surface area contributed by atoms with Gasteiger partial charge in [0.25, 0.3) is 11.8 Å². The zero-order valence-corrected chi connectivity index (χ0v) is 9.56. The lowest BCUT2D eigenvalue weighted by atomic mass is 10.2. The van der Waals surface area contributed by atoms with E-state index in [1.165, 1.54) is 11.0 Å². The Morgan fingerprint density at radius 2 is 2.14 bits per heavy atom. The monoisotopic (exact) mass is 213 g/mol. The first-order valence-corrected chi connectivity index (χ1v) is 5.98. The maximum absolute atomic E-state index is 11.5. The summed E-state index contributed by atoms with van der Waals surface area (Å²) in [6.07, 6.45) is 3.43. The lowest BCUT2D eigenvalue weighted by molar-refractivity contribution is -0.137. The molecule has 0 aromatic carbocycles. The Labute approximate surface area is 88.5 Å². The first-order valence-electron chi connectivity index (χ1n) is 4.59. The van der Waals surface area contributed by atoms with Gasteiger partial charge in [-0.05, 0) is 24.9 Å². The van der Waals surface area contributed by atoms with Gasteiger partial charge in [0.05, 0.1) is 0 Å². The molecule has 1 rings (SSSR count). The van der Waals surface area contributed by atoms with Crippen LogP contribution in [0.1, 0.15) is 13.8 Å². The third-order valence-corrected chi connectivity index (χ3v) is 3.04. The van der Waals surface area contributed by atoms with Gasteiger partial charge in [-0.3, -0.25) is 14.5 Å². The fraction of sp³-hybridized carbons (Fsp3) is 0.600. The number of carbonyl (C=O) groups excluding carboxylic acids is 2. The minimum Gasteiger partial charge on any atom is -0.275 e. The normalized spacial score (nSPS) is 18.8. The van der Waals surface area contributed by atoms with Crippen molar-refractivity contribution in [1.82, 2.24) is 4.90 Å². The van der Waals surface area contributed by atoms with Crippen LogP contribution >= 0.6 is 11.8 Å². The highest BCUT2D eigenvalue weighted by molar-refractivity contribution is 7.98. The minimum atomic E-state index is -0.166. The minimum absolute atomic E-state index is 0.136. The van der Waals surface area contributed by atoms with E-state index in [1.54, 1.807) is 18.7 Å². The standard InChI is InChI=1S/C10H15NO2S/c1-7(6-14-3)5-11-9(12)4-8(2)10(11)13/h4,7H,5-6H2,1-3H3. The lowest BCUT2D eigenvalue weighted by Crippen LogP contribution is -2.35. The van der Waals surface area contributed by atoms with Crippen molar-refractivity contribution in [3.63, 3.8) is 0 Å². The molecule has 78 valence electrons. The van der Waals surface area contributed by atoms with Crippen LogP contribution in [0, 0.1) is 5.92 Å². The van der Waals surface area contributed by atoms with Gasteiger partial charge < -0.3 is 0 Å². The quantitative estimate of drug-likeness (QED) is 0.661. The van der Waals surface area contributed by atoms with Crippen LogP contribution in [0.15, 0.2) is 11.6 Å². The SMILES string of the molecule is CSCC(C)CN1C(=O)C=C(C)C1=O. The molecule has 2 amide bonds. The van der Waals surface area contributed by atoms with Crippen molar-refractivity contribution in [2.45, 2.75) is 13.8 Å². The van der Waals surface area contributed by atoms with E-state index in [0.717, 1.165) is 5.75 Å². The Bertz CT molecular complexity index is 286. The van der Waals surface area contributed by atoms with Crippen LogP contribution in [0.25, 0.3) is 0 Å². The van der Waals surface area contributed by atoms with E-state index >= 15 is 0 Å². The number of carbonyl (C=O) groups is 2. The zero-order valence-electron chi connectivity index (χ0n) is 8.74. The Morgan fingerprint density at radius 3 is 2.57 bits per heavy atom. The molecule has 14 heavy (non-hydrogen) atoms. The van der Waals surface area contributed by atoms with Crippen LogP contribution < -0.4 is 0 Å². The molecule has 4 heteroatoms. The molecular weight excluding hydrogens is 198 g/mol. The van der Waals surface area contributed by atoms with Crippen molar-refractivity contribution in [2.24, 2.45) is 5.92 Å². The smallest absolute Gasteiger partial charge is 0.256 e. The predicted octanol–water partition coefficient (Wildman–Crippen LogP) is 1.30. The molecule has 1 unspecified atom stereocenters. The molecule has 0 N–H and O–H groups in total. The maximum Gasteiger partial charge on any atom is 0.256 e. The molecule has 1 aliphatic heterocycles. The number of nitrogens with zero attached hydrogens (tertiary/aromatic N) is 1. The molecule has 0 radical (unpaired) electrons. The van der Waals surface area contributed by atoms with E-state index in [2.05, 4.69) is 0 Å². The predicted molar refractivity (Wildman–Crippen MR) is 58.0 cm³/mol. The Kier molecular flexibility index (Phi) is 3.75. The van der Waals surface area contributed by atoms with Gasteiger partial charge in [-0.1, -0.05) is 6.92 Å². The largest absolute Gasteiger partial charge is 0.275 e. The van der Waals surface area contributed by atoms with Crippen molar-refractivity contribution >= 4 is 23.6 Å². The summed E-state index contributed by atoms with van der Waals surface area (Å²) in [6, 6.07) is 0. The first-order chi connectivity index (χ1) is 6.56. The van der Waals surface area contributed by atoms with Crippen LogP contribution in [0.5, 0.6) is 0 Å². The third kappa shape index (κ3) is 2.38. The summed E-state index contributed by atoms with van der Waals surface area (Å²) in [5.41, 5.74) is 0.548. The zero-order chi connectivity index (χ0) is 10.7. The van der Waals surface area contributed by atoms with E-state index in [4.69, 9.17) is 0 Å². The fourth-order valence-corrected chi connectivity index (χ4v) is 2.13.